The first-order valence-electron chi connectivity index (χ1n) is 4.75. The second kappa shape index (κ2) is 5.37. The number of aromatic carboxylic acids is 1. The van der Waals surface area contributed by atoms with E-state index in [0.29, 0.717) is 0 Å². The highest BCUT2D eigenvalue weighted by Gasteiger charge is 2.19. The molecule has 0 spiro atoms. The Morgan fingerprint density at radius 2 is 2.24 bits per heavy atom. The van der Waals surface area contributed by atoms with Crippen LogP contribution >= 0.6 is 0 Å². The number of amides is 1. The van der Waals surface area contributed by atoms with Crippen LogP contribution < -0.4 is 5.32 Å². The Morgan fingerprint density at radius 3 is 2.71 bits per heavy atom. The summed E-state index contributed by atoms with van der Waals surface area (Å²) >= 11 is 0. The van der Waals surface area contributed by atoms with Gasteiger partial charge in [-0.1, -0.05) is 0 Å². The average molecular weight is 247 g/mol. The highest BCUT2D eigenvalue weighted by molar-refractivity contribution is 5.85. The topological polar surface area (TPSA) is 84.2 Å². The van der Waals surface area contributed by atoms with E-state index in [0.717, 1.165) is 10.7 Å². The first-order chi connectivity index (χ1) is 7.91. The Balaban J connectivity index is 2.81. The van der Waals surface area contributed by atoms with E-state index in [-0.39, 0.29) is 19.0 Å². The number of hydrogen-bond acceptors (Lipinski definition) is 3. The highest BCUT2D eigenvalue weighted by atomic mass is 19.3. The highest BCUT2D eigenvalue weighted by Crippen LogP contribution is 2.19. The summed E-state index contributed by atoms with van der Waals surface area (Å²) in [6, 6.07) is 0.820. The van der Waals surface area contributed by atoms with Crippen molar-refractivity contribution in [2.45, 2.75) is 19.9 Å². The molecule has 94 valence electrons. The lowest BCUT2D eigenvalue weighted by molar-refractivity contribution is -0.119. The second-order valence-corrected chi connectivity index (χ2v) is 3.27. The number of rotatable bonds is 5. The molecular weight excluding hydrogens is 236 g/mol. The fraction of sp³-hybridized carbons (Fsp3) is 0.444. The maximum atomic E-state index is 12.5. The van der Waals surface area contributed by atoms with Crippen molar-refractivity contribution >= 4 is 11.9 Å². The number of carbonyl (C=O) groups excluding carboxylic acids is 1. The summed E-state index contributed by atoms with van der Waals surface area (Å²) in [7, 11) is 0. The smallest absolute Gasteiger partial charge is 0.356 e. The molecule has 0 aliphatic carbocycles. The summed E-state index contributed by atoms with van der Waals surface area (Å²) in [4.78, 5) is 21.2. The van der Waals surface area contributed by atoms with E-state index in [1.165, 1.54) is 6.92 Å². The average Bonchev–Trinajstić information content (AvgIpc) is 2.61. The van der Waals surface area contributed by atoms with Gasteiger partial charge in [-0.2, -0.15) is 5.10 Å². The Hall–Kier alpha value is -1.99. The van der Waals surface area contributed by atoms with E-state index < -0.39 is 23.8 Å². The predicted octanol–water partition coefficient (Wildman–Crippen LogP) is 0.655. The van der Waals surface area contributed by atoms with E-state index in [1.54, 1.807) is 0 Å². The number of halogens is 2. The molecule has 0 fully saturated rings. The SMILES string of the molecule is CC(=O)NCCn1nc(C(=O)O)cc1C(F)F. The first kappa shape index (κ1) is 13.1. The molecule has 1 heterocycles. The van der Waals surface area contributed by atoms with Crippen LogP contribution in [-0.2, 0) is 11.3 Å². The van der Waals surface area contributed by atoms with Gasteiger partial charge in [0.05, 0.1) is 6.54 Å². The van der Waals surface area contributed by atoms with Crippen molar-refractivity contribution in [1.82, 2.24) is 15.1 Å². The monoisotopic (exact) mass is 247 g/mol. The third-order valence-electron chi connectivity index (χ3n) is 1.95. The number of aromatic nitrogens is 2. The van der Waals surface area contributed by atoms with Gasteiger partial charge >= 0.3 is 5.97 Å². The minimum absolute atomic E-state index is 0.00741. The van der Waals surface area contributed by atoms with E-state index >= 15 is 0 Å². The quantitative estimate of drug-likeness (QED) is 0.800. The maximum absolute atomic E-state index is 12.5. The van der Waals surface area contributed by atoms with Gasteiger partial charge in [-0.3, -0.25) is 9.48 Å². The fourth-order valence-corrected chi connectivity index (χ4v) is 1.23. The zero-order valence-electron chi connectivity index (χ0n) is 8.98. The van der Waals surface area contributed by atoms with Crippen molar-refractivity contribution in [1.29, 1.82) is 0 Å². The lowest BCUT2D eigenvalue weighted by atomic mass is 10.3. The summed E-state index contributed by atoms with van der Waals surface area (Å²) in [5, 5.41) is 14.5. The van der Waals surface area contributed by atoms with Crippen molar-refractivity contribution in [3.05, 3.63) is 17.5 Å². The second-order valence-electron chi connectivity index (χ2n) is 3.27. The van der Waals surface area contributed by atoms with Crippen molar-refractivity contribution in [2.75, 3.05) is 6.54 Å². The van der Waals surface area contributed by atoms with Gasteiger partial charge in [-0.05, 0) is 0 Å². The van der Waals surface area contributed by atoms with Gasteiger partial charge in [0.1, 0.15) is 5.69 Å². The van der Waals surface area contributed by atoms with Crippen LogP contribution in [0.25, 0.3) is 0 Å². The zero-order valence-corrected chi connectivity index (χ0v) is 8.98. The van der Waals surface area contributed by atoms with Crippen LogP contribution in [0.3, 0.4) is 0 Å². The molecule has 0 aliphatic rings. The normalized spacial score (nSPS) is 10.6. The van der Waals surface area contributed by atoms with Crippen LogP contribution in [0.1, 0.15) is 29.5 Å². The number of carbonyl (C=O) groups is 2. The Labute approximate surface area is 95.2 Å². The largest absolute Gasteiger partial charge is 0.476 e. The molecule has 1 amide bonds. The van der Waals surface area contributed by atoms with Crippen molar-refractivity contribution in [3.63, 3.8) is 0 Å². The standard InChI is InChI=1S/C9H11F2N3O3/c1-5(15)12-2-3-14-7(8(10)11)4-6(13-14)9(16)17/h4,8H,2-3H2,1H3,(H,12,15)(H,16,17). The van der Waals surface area contributed by atoms with Crippen molar-refractivity contribution < 1.29 is 23.5 Å². The minimum atomic E-state index is -2.81. The molecule has 0 aromatic carbocycles. The lowest BCUT2D eigenvalue weighted by Crippen LogP contribution is -2.25. The van der Waals surface area contributed by atoms with Crippen LogP contribution in [0.5, 0.6) is 0 Å². The molecule has 0 saturated carbocycles. The lowest BCUT2D eigenvalue weighted by Gasteiger charge is -2.06. The number of hydrogen-bond donors (Lipinski definition) is 2. The minimum Gasteiger partial charge on any atom is -0.476 e. The van der Waals surface area contributed by atoms with E-state index in [1.807, 2.05) is 0 Å². The van der Waals surface area contributed by atoms with Gasteiger partial charge in [0, 0.05) is 19.5 Å². The summed E-state index contributed by atoms with van der Waals surface area (Å²) in [6.45, 7) is 1.39. The number of alkyl halides is 2. The summed E-state index contributed by atoms with van der Waals surface area (Å²) in [5.74, 6) is -1.67. The molecule has 6 nitrogen and oxygen atoms in total. The molecule has 1 aromatic rings. The molecule has 0 atom stereocenters. The van der Waals surface area contributed by atoms with E-state index in [9.17, 15) is 18.4 Å². The van der Waals surface area contributed by atoms with Gasteiger partial charge in [0.15, 0.2) is 5.69 Å². The Morgan fingerprint density at radius 1 is 1.59 bits per heavy atom. The molecule has 8 heteroatoms. The van der Waals surface area contributed by atoms with Crippen molar-refractivity contribution in [2.24, 2.45) is 0 Å². The molecule has 17 heavy (non-hydrogen) atoms. The number of nitrogens with one attached hydrogen (secondary N) is 1. The van der Waals surface area contributed by atoms with Crippen LogP contribution in [0.4, 0.5) is 8.78 Å². The summed E-state index contributed by atoms with van der Waals surface area (Å²) in [5.41, 5.74) is -0.920. The molecular formula is C9H11F2N3O3. The molecule has 0 aliphatic heterocycles. The van der Waals surface area contributed by atoms with Gasteiger partial charge < -0.3 is 10.4 Å². The molecule has 0 bridgehead atoms. The van der Waals surface area contributed by atoms with Gasteiger partial charge in [-0.15, -0.1) is 0 Å². The Kier molecular flexibility index (Phi) is 4.13. The fourth-order valence-electron chi connectivity index (χ4n) is 1.23. The van der Waals surface area contributed by atoms with Crippen LogP contribution in [0, 0.1) is 0 Å². The molecule has 0 saturated heterocycles. The molecule has 0 unspecified atom stereocenters. The first-order valence-corrected chi connectivity index (χ1v) is 4.75. The molecule has 2 N–H and O–H groups in total. The van der Waals surface area contributed by atoms with Gasteiger partial charge in [0.25, 0.3) is 6.43 Å². The molecule has 1 aromatic heterocycles. The van der Waals surface area contributed by atoms with Gasteiger partial charge in [0.2, 0.25) is 5.91 Å². The van der Waals surface area contributed by atoms with E-state index in [2.05, 4.69) is 10.4 Å². The third kappa shape index (κ3) is 3.51. The van der Waals surface area contributed by atoms with Gasteiger partial charge in [-0.25, -0.2) is 13.6 Å². The summed E-state index contributed by atoms with van der Waals surface area (Å²) in [6.07, 6.45) is -2.81. The predicted molar refractivity (Wildman–Crippen MR) is 52.8 cm³/mol. The van der Waals surface area contributed by atoms with Crippen LogP contribution in [0.2, 0.25) is 0 Å². The molecule has 1 rings (SSSR count). The number of carboxylic acids is 1. The Bertz CT molecular complexity index is 431. The number of nitrogens with zero attached hydrogens (tertiary/aromatic N) is 2. The number of carboxylic acid groups (broad SMARTS) is 1. The van der Waals surface area contributed by atoms with Crippen molar-refractivity contribution in [3.8, 4) is 0 Å². The molecule has 0 radical (unpaired) electrons. The maximum Gasteiger partial charge on any atom is 0.356 e. The zero-order chi connectivity index (χ0) is 13.0. The van der Waals surface area contributed by atoms with E-state index in [4.69, 9.17) is 5.11 Å². The third-order valence-corrected chi connectivity index (χ3v) is 1.95. The van der Waals surface area contributed by atoms with Crippen LogP contribution in [0.15, 0.2) is 6.07 Å². The summed E-state index contributed by atoms with van der Waals surface area (Å²) < 4.78 is 26.0. The van der Waals surface area contributed by atoms with Crippen LogP contribution in [-0.4, -0.2) is 33.3 Å².